The van der Waals surface area contributed by atoms with Gasteiger partial charge in [0, 0.05) is 31.7 Å². The average molecular weight is 386 g/mol. The van der Waals surface area contributed by atoms with Crippen molar-refractivity contribution in [3.8, 4) is 0 Å². The summed E-state index contributed by atoms with van der Waals surface area (Å²) in [6.07, 6.45) is -3.32. The van der Waals surface area contributed by atoms with Gasteiger partial charge in [-0.1, -0.05) is 0 Å². The van der Waals surface area contributed by atoms with E-state index in [1.54, 1.807) is 6.92 Å². The summed E-state index contributed by atoms with van der Waals surface area (Å²) in [5.74, 6) is -0.686. The molecule has 1 aliphatic heterocycles. The van der Waals surface area contributed by atoms with Crippen molar-refractivity contribution in [2.24, 2.45) is 0 Å². The van der Waals surface area contributed by atoms with Crippen LogP contribution in [0.25, 0.3) is 5.65 Å². The summed E-state index contributed by atoms with van der Waals surface area (Å²) in [4.78, 5) is 2.34. The molecule has 0 aliphatic carbocycles. The van der Waals surface area contributed by atoms with E-state index in [-0.39, 0.29) is 17.9 Å². The Hall–Kier alpha value is -1.94. The molecule has 150 valence electrons. The second-order valence-electron chi connectivity index (χ2n) is 7.15. The predicted molar refractivity (Wildman–Crippen MR) is 94.8 cm³/mol. The number of ether oxygens (including phenoxy) is 1. The zero-order valence-corrected chi connectivity index (χ0v) is 16.0. The van der Waals surface area contributed by atoms with Crippen LogP contribution in [0, 0.1) is 13.8 Å². The molecule has 0 aromatic carbocycles. The first-order chi connectivity index (χ1) is 12.7. The Morgan fingerprint density at radius 1 is 1.11 bits per heavy atom. The van der Waals surface area contributed by atoms with E-state index in [1.807, 2.05) is 6.92 Å². The first-order valence-corrected chi connectivity index (χ1v) is 9.08. The summed E-state index contributed by atoms with van der Waals surface area (Å²) in [5.41, 5.74) is 1.53. The molecule has 1 fully saturated rings. The molecular weight excluding hydrogens is 361 g/mol. The molecule has 2 atom stereocenters. The van der Waals surface area contributed by atoms with E-state index in [9.17, 15) is 13.2 Å². The van der Waals surface area contributed by atoms with Crippen LogP contribution in [0.1, 0.15) is 37.2 Å². The Morgan fingerprint density at radius 2 is 1.78 bits per heavy atom. The van der Waals surface area contributed by atoms with Crippen LogP contribution in [0.5, 0.6) is 0 Å². The molecule has 27 heavy (non-hydrogen) atoms. The maximum atomic E-state index is 13.1. The van der Waals surface area contributed by atoms with Crippen molar-refractivity contribution in [2.45, 2.75) is 52.5 Å². The normalized spacial score (nSPS) is 21.7. The van der Waals surface area contributed by atoms with E-state index in [2.05, 4.69) is 39.4 Å². The Labute approximate surface area is 155 Å². The van der Waals surface area contributed by atoms with E-state index >= 15 is 0 Å². The van der Waals surface area contributed by atoms with E-state index in [1.165, 1.54) is 0 Å². The van der Waals surface area contributed by atoms with Gasteiger partial charge in [-0.3, -0.25) is 4.90 Å². The Morgan fingerprint density at radius 3 is 2.41 bits per heavy atom. The molecule has 0 saturated carbocycles. The van der Waals surface area contributed by atoms with E-state index in [0.717, 1.165) is 36.1 Å². The molecular formula is C17H25F3N6O. The van der Waals surface area contributed by atoms with Gasteiger partial charge in [-0.25, -0.2) is 0 Å². The Bertz CT molecular complexity index is 796. The van der Waals surface area contributed by atoms with Gasteiger partial charge >= 0.3 is 6.18 Å². The minimum Gasteiger partial charge on any atom is -0.373 e. The number of nitrogens with one attached hydrogen (secondary N) is 1. The predicted octanol–water partition coefficient (Wildman–Crippen LogP) is 2.67. The van der Waals surface area contributed by atoms with Crippen molar-refractivity contribution >= 4 is 11.5 Å². The third kappa shape index (κ3) is 4.32. The molecule has 1 saturated heterocycles. The highest BCUT2D eigenvalue weighted by molar-refractivity contribution is 5.58. The second-order valence-corrected chi connectivity index (χ2v) is 7.15. The van der Waals surface area contributed by atoms with Gasteiger partial charge in [0.1, 0.15) is 5.82 Å². The molecule has 3 rings (SSSR count). The number of alkyl halides is 3. The topological polar surface area (TPSA) is 67.6 Å². The molecule has 7 nitrogen and oxygen atoms in total. The van der Waals surface area contributed by atoms with Crippen LogP contribution in [0.2, 0.25) is 0 Å². The lowest BCUT2D eigenvalue weighted by molar-refractivity contribution is -0.146. The fourth-order valence-electron chi connectivity index (χ4n) is 3.45. The summed E-state index contributed by atoms with van der Waals surface area (Å²) in [6, 6.07) is 0. The number of halogens is 3. The molecule has 10 heteroatoms. The van der Waals surface area contributed by atoms with Crippen LogP contribution in [0.4, 0.5) is 19.0 Å². The minimum absolute atomic E-state index is 0.127. The molecule has 0 bridgehead atoms. The van der Waals surface area contributed by atoms with Gasteiger partial charge in [0.05, 0.1) is 12.2 Å². The summed E-state index contributed by atoms with van der Waals surface area (Å²) in [7, 11) is 0. The molecule has 0 spiro atoms. The maximum absolute atomic E-state index is 13.1. The SMILES string of the molecule is Cc1c(NCCCN2CC(C)OC(C)C2)nn2c(C(F)(F)F)nnc2c1C. The summed E-state index contributed by atoms with van der Waals surface area (Å²) < 4.78 is 45.8. The number of aryl methyl sites for hydroxylation is 1. The molecule has 0 amide bonds. The van der Waals surface area contributed by atoms with Crippen molar-refractivity contribution in [3.05, 3.63) is 17.0 Å². The largest absolute Gasteiger partial charge is 0.453 e. The van der Waals surface area contributed by atoms with Gasteiger partial charge in [0.15, 0.2) is 5.65 Å². The fraction of sp³-hybridized carbons (Fsp3) is 0.706. The lowest BCUT2D eigenvalue weighted by atomic mass is 10.2. The van der Waals surface area contributed by atoms with Crippen molar-refractivity contribution in [1.82, 2.24) is 24.7 Å². The van der Waals surface area contributed by atoms with E-state index in [0.29, 0.717) is 17.9 Å². The van der Waals surface area contributed by atoms with Crippen molar-refractivity contribution in [2.75, 3.05) is 31.5 Å². The summed E-state index contributed by atoms with van der Waals surface area (Å²) >= 11 is 0. The van der Waals surface area contributed by atoms with Crippen LogP contribution < -0.4 is 5.32 Å². The molecule has 3 heterocycles. The van der Waals surface area contributed by atoms with Crippen molar-refractivity contribution < 1.29 is 17.9 Å². The number of nitrogens with zero attached hydrogens (tertiary/aromatic N) is 5. The monoisotopic (exact) mass is 386 g/mol. The van der Waals surface area contributed by atoms with E-state index < -0.39 is 12.0 Å². The van der Waals surface area contributed by atoms with E-state index in [4.69, 9.17) is 4.74 Å². The summed E-state index contributed by atoms with van der Waals surface area (Å²) in [5, 5.41) is 14.2. The van der Waals surface area contributed by atoms with Crippen LogP contribution >= 0.6 is 0 Å². The molecule has 1 N–H and O–H groups in total. The zero-order chi connectivity index (χ0) is 19.8. The Balaban J connectivity index is 1.67. The Kier molecular flexibility index (Phi) is 5.57. The minimum atomic E-state index is -4.60. The molecule has 2 unspecified atom stereocenters. The lowest BCUT2D eigenvalue weighted by Gasteiger charge is -2.35. The number of morpholine rings is 1. The van der Waals surface area contributed by atoms with Crippen LogP contribution in [0.15, 0.2) is 0 Å². The number of anilines is 1. The summed E-state index contributed by atoms with van der Waals surface area (Å²) in [6.45, 7) is 11.0. The second kappa shape index (κ2) is 7.59. The highest BCUT2D eigenvalue weighted by Crippen LogP contribution is 2.29. The highest BCUT2D eigenvalue weighted by Gasteiger charge is 2.38. The van der Waals surface area contributed by atoms with Crippen LogP contribution in [-0.4, -0.2) is 63.1 Å². The van der Waals surface area contributed by atoms with Gasteiger partial charge in [-0.05, 0) is 39.7 Å². The molecule has 1 aliphatic rings. The van der Waals surface area contributed by atoms with Crippen LogP contribution in [0.3, 0.4) is 0 Å². The highest BCUT2D eigenvalue weighted by atomic mass is 19.4. The molecule has 2 aromatic rings. The first-order valence-electron chi connectivity index (χ1n) is 9.08. The number of aromatic nitrogens is 4. The smallest absolute Gasteiger partial charge is 0.373 e. The quantitative estimate of drug-likeness (QED) is 0.797. The average Bonchev–Trinajstić information content (AvgIpc) is 2.99. The maximum Gasteiger partial charge on any atom is 0.453 e. The molecule has 2 aromatic heterocycles. The van der Waals surface area contributed by atoms with Gasteiger partial charge in [0.25, 0.3) is 5.82 Å². The number of hydrogen-bond acceptors (Lipinski definition) is 6. The van der Waals surface area contributed by atoms with Gasteiger partial charge < -0.3 is 10.1 Å². The van der Waals surface area contributed by atoms with Crippen molar-refractivity contribution in [3.63, 3.8) is 0 Å². The van der Waals surface area contributed by atoms with Gasteiger partial charge in [-0.15, -0.1) is 15.3 Å². The van der Waals surface area contributed by atoms with Crippen molar-refractivity contribution in [1.29, 1.82) is 0 Å². The number of hydrogen-bond donors (Lipinski definition) is 1. The zero-order valence-electron chi connectivity index (χ0n) is 16.0. The lowest BCUT2D eigenvalue weighted by Crippen LogP contribution is -2.45. The first kappa shape index (κ1) is 19.8. The van der Waals surface area contributed by atoms with Crippen LogP contribution in [-0.2, 0) is 10.9 Å². The fourth-order valence-corrected chi connectivity index (χ4v) is 3.45. The number of rotatable bonds is 5. The molecule has 0 radical (unpaired) electrons. The van der Waals surface area contributed by atoms with Gasteiger partial charge in [-0.2, -0.15) is 17.7 Å². The number of fused-ring (bicyclic) bond motifs is 1. The third-order valence-corrected chi connectivity index (χ3v) is 4.79. The standard InChI is InChI=1S/C17H25F3N6O/c1-10-8-25(9-11(2)27-10)7-5-6-21-14-12(3)13(4)15-22-23-16(17(18,19)20)26(15)24-14/h10-11H,5-9H2,1-4H3,(H,21,24). The third-order valence-electron chi connectivity index (χ3n) is 4.79. The van der Waals surface area contributed by atoms with Gasteiger partial charge in [0.2, 0.25) is 0 Å².